The van der Waals surface area contributed by atoms with Crippen LogP contribution in [-0.2, 0) is 28.4 Å². The highest BCUT2D eigenvalue weighted by Gasteiger charge is 2.39. The molecule has 0 aliphatic carbocycles. The Bertz CT molecular complexity index is 1600. The summed E-state index contributed by atoms with van der Waals surface area (Å²) in [5.74, 6) is -0.584. The number of ether oxygens (including phenoxy) is 1. The van der Waals surface area contributed by atoms with Crippen LogP contribution in [0.3, 0.4) is 0 Å². The molecule has 2 aliphatic rings. The third kappa shape index (κ3) is 6.09. The Morgan fingerprint density at radius 3 is 2.55 bits per heavy atom. The molecule has 1 atom stereocenters. The molecule has 5 rings (SSSR count). The highest BCUT2D eigenvalue weighted by molar-refractivity contribution is 8.18. The molecule has 0 bridgehead atoms. The van der Waals surface area contributed by atoms with Crippen LogP contribution in [0.1, 0.15) is 22.3 Å². The van der Waals surface area contributed by atoms with Gasteiger partial charge in [-0.05, 0) is 53.2 Å². The van der Waals surface area contributed by atoms with Crippen molar-refractivity contribution in [2.45, 2.75) is 25.0 Å². The zero-order chi connectivity index (χ0) is 30.4. The van der Waals surface area contributed by atoms with Gasteiger partial charge in [-0.25, -0.2) is 4.79 Å². The van der Waals surface area contributed by atoms with Crippen molar-refractivity contribution in [2.75, 3.05) is 26.2 Å². The Hall–Kier alpha value is -4.05. The second kappa shape index (κ2) is 11.0. The first-order valence-corrected chi connectivity index (χ1v) is 13.1. The second-order valence-corrected chi connectivity index (χ2v) is 10.5. The quantitative estimate of drug-likeness (QED) is 0.297. The summed E-state index contributed by atoms with van der Waals surface area (Å²) in [6.07, 6.45) is -8.93. The van der Waals surface area contributed by atoms with E-state index in [1.54, 1.807) is 12.1 Å². The van der Waals surface area contributed by atoms with Crippen molar-refractivity contribution in [3.05, 3.63) is 69.8 Å². The number of hydrogen-bond donors (Lipinski definition) is 1. The Morgan fingerprint density at radius 2 is 1.86 bits per heavy atom. The van der Waals surface area contributed by atoms with Gasteiger partial charge in [0, 0.05) is 11.9 Å². The van der Waals surface area contributed by atoms with Crippen molar-refractivity contribution in [1.29, 1.82) is 0 Å². The van der Waals surface area contributed by atoms with E-state index in [2.05, 4.69) is 5.10 Å². The third-order valence-corrected chi connectivity index (χ3v) is 7.60. The van der Waals surface area contributed by atoms with Gasteiger partial charge in [-0.15, -0.1) is 0 Å². The van der Waals surface area contributed by atoms with E-state index in [-0.39, 0.29) is 37.2 Å². The number of imide groups is 1. The number of halogens is 6. The smallest absolute Gasteiger partial charge is 0.416 e. The molecule has 2 fully saturated rings. The van der Waals surface area contributed by atoms with Crippen LogP contribution in [0.15, 0.2) is 47.5 Å². The number of fused-ring (bicyclic) bond motifs is 1. The number of alkyl halides is 6. The number of benzene rings is 2. The first kappa shape index (κ1) is 29.4. The molecule has 1 aromatic heterocycles. The number of carbonyl (C=O) groups is 3. The fraction of sp³-hybridized carbons (Fsp3) is 0.308. The first-order chi connectivity index (χ1) is 19.7. The van der Waals surface area contributed by atoms with Crippen LogP contribution in [0.5, 0.6) is 0 Å². The van der Waals surface area contributed by atoms with Crippen molar-refractivity contribution in [2.24, 2.45) is 0 Å². The van der Waals surface area contributed by atoms with Crippen molar-refractivity contribution in [1.82, 2.24) is 19.6 Å². The normalized spacial score (nSPS) is 19.4. The van der Waals surface area contributed by atoms with Gasteiger partial charge in [-0.3, -0.25) is 19.2 Å². The van der Waals surface area contributed by atoms with Crippen LogP contribution in [0.4, 0.5) is 35.9 Å². The number of carboxylic acid groups (broad SMARTS) is 1. The van der Waals surface area contributed by atoms with Gasteiger partial charge in [0.1, 0.15) is 0 Å². The summed E-state index contributed by atoms with van der Waals surface area (Å²) in [5, 5.41) is 13.2. The molecular formula is C26H20F6N4O5S. The summed E-state index contributed by atoms with van der Waals surface area (Å²) in [4.78, 5) is 38.9. The van der Waals surface area contributed by atoms with Gasteiger partial charge in [0.05, 0.1) is 60.1 Å². The molecule has 42 heavy (non-hydrogen) atoms. The van der Waals surface area contributed by atoms with E-state index in [4.69, 9.17) is 4.74 Å². The molecule has 0 radical (unpaired) electrons. The predicted octanol–water partition coefficient (Wildman–Crippen LogP) is 5.54. The standard InChI is InChI=1S/C26H20F6N4O5S/c27-25(28,29)17-3-2-15(19(9-17)26(30,31)32)11-36-20-4-1-14(7-16(20)10-33-36)8-21-22(37)35(24(40)42-21)13-18-12-34(23(38)39)5-6-41-18/h1-4,7-10,18H,5-6,11-13H2,(H,38,39)/t18-/m0/s1. The summed E-state index contributed by atoms with van der Waals surface area (Å²) in [7, 11) is 0. The molecule has 2 aliphatic heterocycles. The lowest BCUT2D eigenvalue weighted by atomic mass is 10.0. The summed E-state index contributed by atoms with van der Waals surface area (Å²) < 4.78 is 86.5. The van der Waals surface area contributed by atoms with Gasteiger partial charge in [-0.1, -0.05) is 12.1 Å². The van der Waals surface area contributed by atoms with Crippen LogP contribution in [0.25, 0.3) is 17.0 Å². The number of hydrogen-bond acceptors (Lipinski definition) is 6. The average molecular weight is 615 g/mol. The number of rotatable bonds is 5. The Balaban J connectivity index is 1.34. The van der Waals surface area contributed by atoms with Crippen LogP contribution < -0.4 is 0 Å². The summed E-state index contributed by atoms with van der Waals surface area (Å²) in [6, 6.07) is 6.13. The van der Waals surface area contributed by atoms with E-state index in [0.29, 0.717) is 34.3 Å². The highest BCUT2D eigenvalue weighted by Crippen LogP contribution is 2.38. The summed E-state index contributed by atoms with van der Waals surface area (Å²) in [5.41, 5.74) is -2.34. The van der Waals surface area contributed by atoms with E-state index in [0.717, 1.165) is 15.9 Å². The van der Waals surface area contributed by atoms with Crippen molar-refractivity contribution in [3.8, 4) is 0 Å². The molecule has 3 aromatic rings. The fourth-order valence-corrected chi connectivity index (χ4v) is 5.50. The minimum absolute atomic E-state index is 0.00764. The molecule has 0 unspecified atom stereocenters. The molecule has 3 heterocycles. The number of morpholine rings is 1. The molecule has 0 spiro atoms. The van der Waals surface area contributed by atoms with E-state index in [1.807, 2.05) is 0 Å². The SMILES string of the molecule is O=C(O)N1CCO[C@H](CN2C(=O)SC(=Cc3ccc4c(cnn4Cc4ccc(C(F)(F)F)cc4C(F)(F)F)c3)C2=O)C1. The number of thioether (sulfide) groups is 1. The minimum atomic E-state index is -5.02. The number of carbonyl (C=O) groups excluding carboxylic acids is 2. The lowest BCUT2D eigenvalue weighted by molar-refractivity contribution is -0.143. The number of aromatic nitrogens is 2. The van der Waals surface area contributed by atoms with Crippen molar-refractivity contribution in [3.63, 3.8) is 0 Å². The van der Waals surface area contributed by atoms with Crippen LogP contribution in [0, 0.1) is 0 Å². The summed E-state index contributed by atoms with van der Waals surface area (Å²) >= 11 is 0.697. The maximum Gasteiger partial charge on any atom is 0.416 e. The summed E-state index contributed by atoms with van der Waals surface area (Å²) in [6.45, 7) is -0.250. The molecular weight excluding hydrogens is 594 g/mol. The zero-order valence-corrected chi connectivity index (χ0v) is 22.1. The zero-order valence-electron chi connectivity index (χ0n) is 21.3. The molecule has 9 nitrogen and oxygen atoms in total. The van der Waals surface area contributed by atoms with E-state index in [1.165, 1.54) is 23.0 Å². The first-order valence-electron chi connectivity index (χ1n) is 12.3. The molecule has 2 aromatic carbocycles. The molecule has 1 N–H and O–H groups in total. The topological polar surface area (TPSA) is 105 Å². The maximum absolute atomic E-state index is 13.6. The van der Waals surface area contributed by atoms with Gasteiger partial charge in [0.2, 0.25) is 0 Å². The van der Waals surface area contributed by atoms with E-state index in [9.17, 15) is 45.8 Å². The van der Waals surface area contributed by atoms with E-state index < -0.39 is 58.9 Å². The largest absolute Gasteiger partial charge is 0.465 e. The highest BCUT2D eigenvalue weighted by atomic mass is 32.2. The Morgan fingerprint density at radius 1 is 1.10 bits per heavy atom. The maximum atomic E-state index is 13.6. The molecule has 16 heteroatoms. The van der Waals surface area contributed by atoms with Gasteiger partial charge in [0.25, 0.3) is 11.1 Å². The lowest BCUT2D eigenvalue weighted by Crippen LogP contribution is -2.50. The second-order valence-electron chi connectivity index (χ2n) is 9.50. The molecule has 0 saturated carbocycles. The van der Waals surface area contributed by atoms with Gasteiger partial charge in [0.15, 0.2) is 0 Å². The van der Waals surface area contributed by atoms with Gasteiger partial charge < -0.3 is 14.7 Å². The number of nitrogens with zero attached hydrogens (tertiary/aromatic N) is 4. The minimum Gasteiger partial charge on any atom is -0.465 e. The lowest BCUT2D eigenvalue weighted by Gasteiger charge is -2.32. The van der Waals surface area contributed by atoms with Crippen LogP contribution in [-0.4, -0.2) is 74.3 Å². The van der Waals surface area contributed by atoms with E-state index >= 15 is 0 Å². The molecule has 2 saturated heterocycles. The van der Waals surface area contributed by atoms with Crippen LogP contribution >= 0.6 is 11.8 Å². The fourth-order valence-electron chi connectivity index (χ4n) is 4.65. The number of amides is 3. The molecule has 3 amide bonds. The van der Waals surface area contributed by atoms with Crippen molar-refractivity contribution < 1.29 is 50.6 Å². The monoisotopic (exact) mass is 614 g/mol. The third-order valence-electron chi connectivity index (χ3n) is 6.70. The molecule has 222 valence electrons. The van der Waals surface area contributed by atoms with Gasteiger partial charge >= 0.3 is 18.4 Å². The van der Waals surface area contributed by atoms with Gasteiger partial charge in [-0.2, -0.15) is 31.4 Å². The van der Waals surface area contributed by atoms with Crippen molar-refractivity contribution >= 4 is 46.0 Å². The Kier molecular flexibility index (Phi) is 7.70. The predicted molar refractivity (Wildman–Crippen MR) is 137 cm³/mol. The van der Waals surface area contributed by atoms with Crippen LogP contribution in [0.2, 0.25) is 0 Å². The Labute approximate surface area is 237 Å². The average Bonchev–Trinajstić information content (AvgIpc) is 3.42.